The molecule has 0 aromatic heterocycles. The third-order valence-electron chi connectivity index (χ3n) is 2.13. The summed E-state index contributed by atoms with van der Waals surface area (Å²) in [5.74, 6) is 0.0365. The van der Waals surface area contributed by atoms with Gasteiger partial charge in [-0.25, -0.2) is 0 Å². The molecule has 0 aliphatic rings. The van der Waals surface area contributed by atoms with E-state index in [2.05, 4.69) is 5.32 Å². The molecule has 3 nitrogen and oxygen atoms in total. The summed E-state index contributed by atoms with van der Waals surface area (Å²) in [4.78, 5) is 12.9. The van der Waals surface area contributed by atoms with Crippen LogP contribution in [0.2, 0.25) is 5.02 Å². The summed E-state index contributed by atoms with van der Waals surface area (Å²) in [6.07, 6.45) is 0. The Morgan fingerprint density at radius 3 is 2.73 bits per heavy atom. The predicted octanol–water partition coefficient (Wildman–Crippen LogP) is 2.15. The lowest BCUT2D eigenvalue weighted by atomic mass is 10.2. The zero-order valence-corrected chi connectivity index (χ0v) is 9.93. The van der Waals surface area contributed by atoms with E-state index >= 15 is 0 Å². The van der Waals surface area contributed by atoms with Crippen molar-refractivity contribution in [2.45, 2.75) is 6.92 Å². The van der Waals surface area contributed by atoms with Crippen molar-refractivity contribution in [1.82, 2.24) is 4.90 Å². The van der Waals surface area contributed by atoms with Gasteiger partial charge in [-0.15, -0.1) is 0 Å². The minimum absolute atomic E-state index is 0.0365. The molecule has 15 heavy (non-hydrogen) atoms. The zero-order chi connectivity index (χ0) is 11.4. The maximum Gasteiger partial charge on any atom is 0.241 e. The summed E-state index contributed by atoms with van der Waals surface area (Å²) in [6, 6.07) is 5.57. The van der Waals surface area contributed by atoms with Gasteiger partial charge in [0.15, 0.2) is 0 Å². The van der Waals surface area contributed by atoms with Gasteiger partial charge in [0.2, 0.25) is 5.91 Å². The molecule has 0 atom stereocenters. The van der Waals surface area contributed by atoms with Crippen LogP contribution in [0.5, 0.6) is 0 Å². The molecule has 82 valence electrons. The Morgan fingerprint density at radius 2 is 2.13 bits per heavy atom. The van der Waals surface area contributed by atoms with E-state index in [0.717, 1.165) is 11.3 Å². The molecule has 0 fully saturated rings. The van der Waals surface area contributed by atoms with Gasteiger partial charge in [0.25, 0.3) is 0 Å². The Balaban J connectivity index is 2.65. The number of halogens is 1. The van der Waals surface area contributed by atoms with Gasteiger partial charge in [0.05, 0.1) is 6.54 Å². The van der Waals surface area contributed by atoms with Gasteiger partial charge in [0.1, 0.15) is 0 Å². The quantitative estimate of drug-likeness (QED) is 0.857. The summed E-state index contributed by atoms with van der Waals surface area (Å²) in [6.45, 7) is 2.26. The number of carbonyl (C=O) groups is 1. The number of nitrogens with zero attached hydrogens (tertiary/aromatic N) is 1. The maximum atomic E-state index is 11.3. The molecular weight excluding hydrogens is 212 g/mol. The average Bonchev–Trinajstić information content (AvgIpc) is 2.18. The molecule has 0 heterocycles. The lowest BCUT2D eigenvalue weighted by Gasteiger charge is -2.13. The van der Waals surface area contributed by atoms with Gasteiger partial charge in [-0.2, -0.15) is 0 Å². The minimum Gasteiger partial charge on any atom is -0.376 e. The summed E-state index contributed by atoms with van der Waals surface area (Å²) < 4.78 is 0. The monoisotopic (exact) mass is 226 g/mol. The van der Waals surface area contributed by atoms with Crippen LogP contribution in [0.4, 0.5) is 5.69 Å². The van der Waals surface area contributed by atoms with Crippen molar-refractivity contribution in [2.24, 2.45) is 0 Å². The van der Waals surface area contributed by atoms with Crippen LogP contribution in [-0.2, 0) is 4.79 Å². The van der Waals surface area contributed by atoms with Crippen molar-refractivity contribution in [2.75, 3.05) is 26.0 Å². The summed E-state index contributed by atoms with van der Waals surface area (Å²) in [5, 5.41) is 3.73. The second kappa shape index (κ2) is 5.03. The van der Waals surface area contributed by atoms with Gasteiger partial charge < -0.3 is 10.2 Å². The molecule has 1 amide bonds. The van der Waals surface area contributed by atoms with Crippen molar-refractivity contribution in [1.29, 1.82) is 0 Å². The van der Waals surface area contributed by atoms with E-state index in [1.54, 1.807) is 19.0 Å². The normalized spacial score (nSPS) is 9.87. The van der Waals surface area contributed by atoms with Crippen LogP contribution in [0, 0.1) is 6.92 Å². The van der Waals surface area contributed by atoms with E-state index in [1.807, 2.05) is 25.1 Å². The molecule has 0 unspecified atom stereocenters. The Morgan fingerprint density at radius 1 is 1.47 bits per heavy atom. The van der Waals surface area contributed by atoms with Crippen LogP contribution < -0.4 is 5.32 Å². The topological polar surface area (TPSA) is 32.3 Å². The minimum atomic E-state index is 0.0365. The number of nitrogens with one attached hydrogen (secondary N) is 1. The molecule has 1 N–H and O–H groups in total. The summed E-state index contributed by atoms with van der Waals surface area (Å²) >= 11 is 5.86. The van der Waals surface area contributed by atoms with E-state index in [-0.39, 0.29) is 12.5 Å². The lowest BCUT2D eigenvalue weighted by Crippen LogP contribution is -2.28. The van der Waals surface area contributed by atoms with Crippen molar-refractivity contribution < 1.29 is 4.79 Å². The number of rotatable bonds is 3. The average molecular weight is 227 g/mol. The highest BCUT2D eigenvalue weighted by Gasteiger charge is 2.04. The van der Waals surface area contributed by atoms with Crippen LogP contribution in [0.25, 0.3) is 0 Å². The fourth-order valence-electron chi connectivity index (χ4n) is 1.11. The molecule has 0 saturated heterocycles. The SMILES string of the molecule is Cc1ccc(Cl)cc1NCC(=O)N(C)C. The van der Waals surface area contributed by atoms with E-state index in [9.17, 15) is 4.79 Å². The molecule has 1 aromatic carbocycles. The van der Waals surface area contributed by atoms with Gasteiger partial charge in [-0.3, -0.25) is 4.79 Å². The van der Waals surface area contributed by atoms with E-state index in [0.29, 0.717) is 5.02 Å². The third-order valence-corrected chi connectivity index (χ3v) is 2.36. The second-order valence-corrected chi connectivity index (χ2v) is 4.04. The Kier molecular flexibility index (Phi) is 3.97. The van der Waals surface area contributed by atoms with Crippen LogP contribution in [0.15, 0.2) is 18.2 Å². The standard InChI is InChI=1S/C11H15ClN2O/c1-8-4-5-9(12)6-10(8)13-7-11(15)14(2)3/h4-6,13H,7H2,1-3H3. The van der Waals surface area contributed by atoms with Crippen LogP contribution in [0.1, 0.15) is 5.56 Å². The fraction of sp³-hybridized carbons (Fsp3) is 0.364. The van der Waals surface area contributed by atoms with E-state index < -0.39 is 0 Å². The smallest absolute Gasteiger partial charge is 0.241 e. The van der Waals surface area contributed by atoms with E-state index in [1.165, 1.54) is 0 Å². The molecule has 0 bridgehead atoms. The van der Waals surface area contributed by atoms with Gasteiger partial charge >= 0.3 is 0 Å². The largest absolute Gasteiger partial charge is 0.376 e. The third kappa shape index (κ3) is 3.44. The van der Waals surface area contributed by atoms with Crippen molar-refractivity contribution >= 4 is 23.2 Å². The summed E-state index contributed by atoms with van der Waals surface area (Å²) in [5.41, 5.74) is 1.98. The number of aryl methyl sites for hydroxylation is 1. The molecule has 0 spiro atoms. The first-order valence-corrected chi connectivity index (χ1v) is 5.08. The number of anilines is 1. The molecule has 4 heteroatoms. The highest BCUT2D eigenvalue weighted by molar-refractivity contribution is 6.30. The number of carbonyl (C=O) groups excluding carboxylic acids is 1. The lowest BCUT2D eigenvalue weighted by molar-refractivity contribution is -0.126. The number of likely N-dealkylation sites (N-methyl/N-ethyl adjacent to an activating group) is 1. The highest BCUT2D eigenvalue weighted by atomic mass is 35.5. The summed E-state index contributed by atoms with van der Waals surface area (Å²) in [7, 11) is 3.46. The molecule has 1 aromatic rings. The highest BCUT2D eigenvalue weighted by Crippen LogP contribution is 2.19. The first kappa shape index (κ1) is 11.9. The van der Waals surface area contributed by atoms with Gasteiger partial charge in [0, 0.05) is 24.8 Å². The van der Waals surface area contributed by atoms with Crippen LogP contribution >= 0.6 is 11.6 Å². The first-order valence-electron chi connectivity index (χ1n) is 4.71. The first-order chi connectivity index (χ1) is 7.00. The molecule has 0 saturated carbocycles. The van der Waals surface area contributed by atoms with Crippen molar-refractivity contribution in [3.63, 3.8) is 0 Å². The second-order valence-electron chi connectivity index (χ2n) is 3.60. The number of hydrogen-bond donors (Lipinski definition) is 1. The molecule has 0 aliphatic carbocycles. The Hall–Kier alpha value is -1.22. The molecule has 0 aliphatic heterocycles. The van der Waals surface area contributed by atoms with Gasteiger partial charge in [-0.05, 0) is 24.6 Å². The number of hydrogen-bond acceptors (Lipinski definition) is 2. The number of benzene rings is 1. The fourth-order valence-corrected chi connectivity index (χ4v) is 1.29. The number of amides is 1. The molecule has 1 rings (SSSR count). The van der Waals surface area contributed by atoms with Gasteiger partial charge in [-0.1, -0.05) is 17.7 Å². The Bertz CT molecular complexity index is 364. The van der Waals surface area contributed by atoms with Crippen molar-refractivity contribution in [3.05, 3.63) is 28.8 Å². The molecular formula is C11H15ClN2O. The Labute approximate surface area is 95.0 Å². The maximum absolute atomic E-state index is 11.3. The van der Waals surface area contributed by atoms with Crippen molar-refractivity contribution in [3.8, 4) is 0 Å². The molecule has 0 radical (unpaired) electrons. The zero-order valence-electron chi connectivity index (χ0n) is 9.17. The predicted molar refractivity (Wildman–Crippen MR) is 63.4 cm³/mol. The van der Waals surface area contributed by atoms with Crippen LogP contribution in [0.3, 0.4) is 0 Å². The van der Waals surface area contributed by atoms with E-state index in [4.69, 9.17) is 11.6 Å². The van der Waals surface area contributed by atoms with Crippen LogP contribution in [-0.4, -0.2) is 31.4 Å².